The standard InChI is InChI=1S/C13H16N2O2S2/c1-2-10-8(3-5-17-10)7-15-12(16)11-9(4-6-19-11)14-13(15)18/h4,6,8,10H,2-3,5,7H2,1H3,(H,14,18). The highest BCUT2D eigenvalue weighted by Crippen LogP contribution is 2.25. The fourth-order valence-electron chi connectivity index (χ4n) is 2.72. The molecule has 4 nitrogen and oxygen atoms in total. The Morgan fingerprint density at radius 3 is 3.26 bits per heavy atom. The van der Waals surface area contributed by atoms with E-state index < -0.39 is 0 Å². The van der Waals surface area contributed by atoms with Gasteiger partial charge in [-0.05, 0) is 36.5 Å². The number of H-pyrrole nitrogens is 1. The van der Waals surface area contributed by atoms with Gasteiger partial charge in [-0.1, -0.05) is 6.92 Å². The van der Waals surface area contributed by atoms with Crippen LogP contribution in [0.25, 0.3) is 10.2 Å². The third-order valence-electron chi connectivity index (χ3n) is 3.76. The molecule has 1 fully saturated rings. The lowest BCUT2D eigenvalue weighted by Crippen LogP contribution is -2.28. The smallest absolute Gasteiger partial charge is 0.272 e. The van der Waals surface area contributed by atoms with Crippen molar-refractivity contribution in [2.45, 2.75) is 32.4 Å². The monoisotopic (exact) mass is 296 g/mol. The van der Waals surface area contributed by atoms with Crippen LogP contribution in [0.5, 0.6) is 0 Å². The first-order valence-corrected chi connectivity index (χ1v) is 7.81. The van der Waals surface area contributed by atoms with Crippen molar-refractivity contribution < 1.29 is 4.74 Å². The zero-order valence-electron chi connectivity index (χ0n) is 10.7. The average molecular weight is 296 g/mol. The molecule has 0 amide bonds. The van der Waals surface area contributed by atoms with Gasteiger partial charge in [0.2, 0.25) is 0 Å². The van der Waals surface area contributed by atoms with Gasteiger partial charge in [0.05, 0.1) is 11.6 Å². The molecule has 1 N–H and O–H groups in total. The molecule has 0 radical (unpaired) electrons. The Labute approximate surface area is 120 Å². The summed E-state index contributed by atoms with van der Waals surface area (Å²) < 4.78 is 8.64. The fourth-order valence-corrected chi connectivity index (χ4v) is 3.79. The minimum atomic E-state index is 0.0236. The highest BCUT2D eigenvalue weighted by molar-refractivity contribution is 7.71. The number of aromatic amines is 1. The summed E-state index contributed by atoms with van der Waals surface area (Å²) >= 11 is 6.77. The normalized spacial score (nSPS) is 23.2. The van der Waals surface area contributed by atoms with Crippen LogP contribution in [-0.4, -0.2) is 22.3 Å². The van der Waals surface area contributed by atoms with Crippen LogP contribution in [0.4, 0.5) is 0 Å². The summed E-state index contributed by atoms with van der Waals surface area (Å²) in [5, 5.41) is 1.91. The van der Waals surface area contributed by atoms with Gasteiger partial charge in [-0.2, -0.15) is 0 Å². The van der Waals surface area contributed by atoms with E-state index in [0.717, 1.165) is 29.7 Å². The van der Waals surface area contributed by atoms with E-state index in [9.17, 15) is 4.79 Å². The molecule has 0 aliphatic carbocycles. The van der Waals surface area contributed by atoms with Crippen LogP contribution in [0.2, 0.25) is 0 Å². The molecule has 6 heteroatoms. The molecule has 0 bridgehead atoms. The summed E-state index contributed by atoms with van der Waals surface area (Å²) in [6, 6.07) is 1.90. The van der Waals surface area contributed by atoms with Crippen LogP contribution >= 0.6 is 23.6 Å². The van der Waals surface area contributed by atoms with E-state index in [1.165, 1.54) is 11.3 Å². The highest BCUT2D eigenvalue weighted by atomic mass is 32.1. The van der Waals surface area contributed by atoms with Gasteiger partial charge in [0.1, 0.15) is 4.70 Å². The summed E-state index contributed by atoms with van der Waals surface area (Å²) in [6.45, 7) is 3.56. The van der Waals surface area contributed by atoms with Gasteiger partial charge in [-0.15, -0.1) is 11.3 Å². The Kier molecular flexibility index (Phi) is 3.56. The molecule has 0 spiro atoms. The highest BCUT2D eigenvalue weighted by Gasteiger charge is 2.27. The minimum Gasteiger partial charge on any atom is -0.378 e. The van der Waals surface area contributed by atoms with Crippen molar-refractivity contribution in [3.63, 3.8) is 0 Å². The van der Waals surface area contributed by atoms with Gasteiger partial charge in [0, 0.05) is 19.1 Å². The number of fused-ring (bicyclic) bond motifs is 1. The molecular weight excluding hydrogens is 280 g/mol. The summed E-state index contributed by atoms with van der Waals surface area (Å²) in [5.74, 6) is 0.384. The second kappa shape index (κ2) is 5.19. The molecule has 0 saturated carbocycles. The van der Waals surface area contributed by atoms with E-state index in [4.69, 9.17) is 17.0 Å². The summed E-state index contributed by atoms with van der Waals surface area (Å²) in [7, 11) is 0. The van der Waals surface area contributed by atoms with Gasteiger partial charge in [0.25, 0.3) is 5.56 Å². The Morgan fingerprint density at radius 1 is 1.63 bits per heavy atom. The van der Waals surface area contributed by atoms with Gasteiger partial charge >= 0.3 is 0 Å². The third kappa shape index (κ3) is 2.28. The average Bonchev–Trinajstić information content (AvgIpc) is 3.02. The van der Waals surface area contributed by atoms with E-state index >= 15 is 0 Å². The van der Waals surface area contributed by atoms with Gasteiger partial charge < -0.3 is 9.72 Å². The lowest BCUT2D eigenvalue weighted by atomic mass is 10.00. The second-order valence-corrected chi connectivity index (χ2v) is 6.18. The van der Waals surface area contributed by atoms with E-state index in [-0.39, 0.29) is 11.7 Å². The number of hydrogen-bond donors (Lipinski definition) is 1. The predicted molar refractivity (Wildman–Crippen MR) is 79.4 cm³/mol. The maximum absolute atomic E-state index is 12.4. The van der Waals surface area contributed by atoms with Crippen LogP contribution in [-0.2, 0) is 11.3 Å². The maximum Gasteiger partial charge on any atom is 0.272 e. The first kappa shape index (κ1) is 13.0. The van der Waals surface area contributed by atoms with Crippen LogP contribution < -0.4 is 5.56 Å². The molecule has 2 aromatic heterocycles. The van der Waals surface area contributed by atoms with Crippen molar-refractivity contribution >= 4 is 33.8 Å². The lowest BCUT2D eigenvalue weighted by Gasteiger charge is -2.17. The molecule has 0 aromatic carbocycles. The minimum absolute atomic E-state index is 0.0236. The van der Waals surface area contributed by atoms with Crippen molar-refractivity contribution in [3.05, 3.63) is 26.6 Å². The molecular formula is C13H16N2O2S2. The Balaban J connectivity index is 2.01. The Morgan fingerprint density at radius 2 is 2.47 bits per heavy atom. The predicted octanol–water partition coefficient (Wildman–Crippen LogP) is 2.94. The number of aromatic nitrogens is 2. The largest absolute Gasteiger partial charge is 0.378 e. The van der Waals surface area contributed by atoms with E-state index in [1.807, 2.05) is 11.4 Å². The van der Waals surface area contributed by atoms with Gasteiger partial charge in [-0.25, -0.2) is 0 Å². The van der Waals surface area contributed by atoms with Crippen molar-refractivity contribution in [2.24, 2.45) is 5.92 Å². The second-order valence-electron chi connectivity index (χ2n) is 4.88. The number of rotatable bonds is 3. The van der Waals surface area contributed by atoms with Gasteiger partial charge in [-0.3, -0.25) is 9.36 Å². The molecule has 1 aliphatic rings. The molecule has 1 aliphatic heterocycles. The van der Waals surface area contributed by atoms with Crippen molar-refractivity contribution in [3.8, 4) is 0 Å². The third-order valence-corrected chi connectivity index (χ3v) is 4.98. The number of ether oxygens (including phenoxy) is 1. The lowest BCUT2D eigenvalue weighted by molar-refractivity contribution is 0.0831. The maximum atomic E-state index is 12.4. The molecule has 3 rings (SSSR count). The van der Waals surface area contributed by atoms with E-state index in [1.54, 1.807) is 4.57 Å². The van der Waals surface area contributed by atoms with Crippen LogP contribution in [0.1, 0.15) is 19.8 Å². The molecule has 2 aromatic rings. The Hall–Kier alpha value is -0.980. The number of hydrogen-bond acceptors (Lipinski definition) is 4. The topological polar surface area (TPSA) is 47.0 Å². The van der Waals surface area contributed by atoms with Crippen LogP contribution in [0, 0.1) is 10.7 Å². The molecule has 1 saturated heterocycles. The molecule has 2 atom stereocenters. The van der Waals surface area contributed by atoms with Crippen molar-refractivity contribution in [2.75, 3.05) is 6.61 Å². The van der Waals surface area contributed by atoms with E-state index in [2.05, 4.69) is 11.9 Å². The van der Waals surface area contributed by atoms with Crippen LogP contribution in [0.15, 0.2) is 16.2 Å². The molecule has 19 heavy (non-hydrogen) atoms. The molecule has 3 heterocycles. The van der Waals surface area contributed by atoms with E-state index in [0.29, 0.717) is 17.2 Å². The SMILES string of the molecule is CCC1OCCC1Cn1c(=S)[nH]c2ccsc2c1=O. The van der Waals surface area contributed by atoms with Crippen molar-refractivity contribution in [1.29, 1.82) is 0 Å². The van der Waals surface area contributed by atoms with Gasteiger partial charge in [0.15, 0.2) is 4.77 Å². The number of nitrogens with one attached hydrogen (secondary N) is 1. The first-order chi connectivity index (χ1) is 9.20. The summed E-state index contributed by atoms with van der Waals surface area (Å²) in [4.78, 5) is 15.6. The summed E-state index contributed by atoms with van der Waals surface area (Å²) in [6.07, 6.45) is 2.24. The first-order valence-electron chi connectivity index (χ1n) is 6.52. The molecule has 102 valence electrons. The quantitative estimate of drug-likeness (QED) is 0.886. The Bertz CT molecular complexity index is 700. The molecule has 2 unspecified atom stereocenters. The zero-order valence-corrected chi connectivity index (χ0v) is 12.4. The zero-order chi connectivity index (χ0) is 13.4. The summed E-state index contributed by atoms with van der Waals surface area (Å²) in [5.41, 5.74) is 0.862. The van der Waals surface area contributed by atoms with Crippen LogP contribution in [0.3, 0.4) is 0 Å². The van der Waals surface area contributed by atoms with Crippen molar-refractivity contribution in [1.82, 2.24) is 9.55 Å². The fraction of sp³-hybridized carbons (Fsp3) is 0.538. The number of thiophene rings is 1. The number of nitrogens with zero attached hydrogens (tertiary/aromatic N) is 1.